The number of methoxy groups -OCH3 is 1. The van der Waals surface area contributed by atoms with Crippen LogP contribution < -0.4 is 10.1 Å². The molecule has 1 heterocycles. The van der Waals surface area contributed by atoms with Gasteiger partial charge < -0.3 is 18.9 Å². The van der Waals surface area contributed by atoms with Crippen LogP contribution in [-0.2, 0) is 30.0 Å². The number of nitrogens with one attached hydrogen (secondary N) is 1. The second-order valence-corrected chi connectivity index (χ2v) is 14.1. The normalized spacial score (nSPS) is 15.6. The fourth-order valence-electron chi connectivity index (χ4n) is 5.03. The van der Waals surface area contributed by atoms with E-state index >= 15 is 0 Å². The number of hydrogen-bond acceptors (Lipinski definition) is 7. The van der Waals surface area contributed by atoms with E-state index in [0.29, 0.717) is 44.2 Å². The van der Waals surface area contributed by atoms with E-state index in [1.54, 1.807) is 18.2 Å². The zero-order valence-corrected chi connectivity index (χ0v) is 26.6. The van der Waals surface area contributed by atoms with Crippen LogP contribution in [0, 0.1) is 11.3 Å². The Morgan fingerprint density at radius 1 is 1.18 bits per heavy atom. The third-order valence-corrected chi connectivity index (χ3v) is 9.35. The van der Waals surface area contributed by atoms with Crippen LogP contribution in [0.1, 0.15) is 63.9 Å². The molecule has 1 atom stereocenters. The summed E-state index contributed by atoms with van der Waals surface area (Å²) in [6.07, 6.45) is 8.76. The molecule has 214 valence electrons. The lowest BCUT2D eigenvalue weighted by molar-refractivity contribution is -0.118. The maximum Gasteiger partial charge on any atom is 0.233 e. The molecule has 1 N–H and O–H groups in total. The van der Waals surface area contributed by atoms with E-state index in [1.165, 1.54) is 26.0 Å². The highest BCUT2D eigenvalue weighted by Crippen LogP contribution is 2.37. The molecule has 1 aromatic heterocycles. The minimum atomic E-state index is -3.46. The van der Waals surface area contributed by atoms with E-state index in [4.69, 9.17) is 13.6 Å². The van der Waals surface area contributed by atoms with Gasteiger partial charge in [0.2, 0.25) is 25.4 Å². The molecular formula is C27H41N3O6SSi2. The highest BCUT2D eigenvalue weighted by atomic mass is 32.2. The van der Waals surface area contributed by atoms with Crippen molar-refractivity contribution in [2.45, 2.75) is 89.1 Å². The van der Waals surface area contributed by atoms with Gasteiger partial charge in [0.1, 0.15) is 16.9 Å². The van der Waals surface area contributed by atoms with Crippen molar-refractivity contribution in [3.63, 3.8) is 0 Å². The van der Waals surface area contributed by atoms with Gasteiger partial charge in [-0.05, 0) is 49.5 Å². The number of rotatable bonds is 15. The number of hydrogen-bond donors (Lipinski definition) is 1. The van der Waals surface area contributed by atoms with Crippen LogP contribution in [0.25, 0.3) is 0 Å². The zero-order chi connectivity index (χ0) is 28.6. The summed E-state index contributed by atoms with van der Waals surface area (Å²) < 4.78 is 43.3. The van der Waals surface area contributed by atoms with Gasteiger partial charge in [0.25, 0.3) is 0 Å². The third kappa shape index (κ3) is 8.74. The Labute approximate surface area is 238 Å². The standard InChI is InChI=1S/C27H41N3O6SSi2/c1-27(2,26(35-38-5)36-39-6)14-16-30-15-13-24(29-30)28-25(31)21(17-19-9-7-8-10-19)20-11-12-23(37(4,32)33)22(18-20)34-3/h11-13,15,18-19,21,26H,7-10,14,16-17H2,1-6H3,(H,28,29,31)/t21-/m1/s1. The van der Waals surface area contributed by atoms with Crippen LogP contribution in [-0.4, -0.2) is 63.3 Å². The maximum absolute atomic E-state index is 13.6. The van der Waals surface area contributed by atoms with Crippen molar-refractivity contribution in [3.05, 3.63) is 36.0 Å². The molecule has 0 aliphatic heterocycles. The molecule has 0 saturated heterocycles. The summed E-state index contributed by atoms with van der Waals surface area (Å²) >= 11 is 0. The summed E-state index contributed by atoms with van der Waals surface area (Å²) in [7, 11) is -1.32. The molecule has 9 nitrogen and oxygen atoms in total. The van der Waals surface area contributed by atoms with Crippen LogP contribution in [0.15, 0.2) is 35.4 Å². The number of amides is 1. The summed E-state index contributed by atoms with van der Waals surface area (Å²) in [4.78, 5) is 13.7. The molecule has 0 unspecified atom stereocenters. The number of nitrogens with zero attached hydrogens (tertiary/aromatic N) is 2. The Kier molecular flexibility index (Phi) is 11.4. The van der Waals surface area contributed by atoms with Crippen molar-refractivity contribution in [1.82, 2.24) is 9.78 Å². The number of anilines is 1. The third-order valence-electron chi connectivity index (χ3n) is 7.31. The number of benzene rings is 1. The van der Waals surface area contributed by atoms with Gasteiger partial charge in [-0.2, -0.15) is 5.10 Å². The van der Waals surface area contributed by atoms with Crippen LogP contribution in [0.5, 0.6) is 5.75 Å². The second kappa shape index (κ2) is 14.1. The summed E-state index contributed by atoms with van der Waals surface area (Å²) in [6, 6.07) is 6.75. The monoisotopic (exact) mass is 591 g/mol. The molecule has 3 rings (SSSR count). The number of carbonyl (C=O) groups is 1. The van der Waals surface area contributed by atoms with E-state index in [0.717, 1.165) is 31.1 Å². The van der Waals surface area contributed by atoms with Crippen molar-refractivity contribution in [2.24, 2.45) is 11.3 Å². The molecule has 12 heteroatoms. The van der Waals surface area contributed by atoms with Crippen LogP contribution >= 0.6 is 0 Å². The first-order valence-corrected chi connectivity index (χ1v) is 18.1. The minimum Gasteiger partial charge on any atom is -0.495 e. The first-order valence-electron chi connectivity index (χ1n) is 13.4. The smallest absolute Gasteiger partial charge is 0.233 e. The minimum absolute atomic E-state index is 0.118. The summed E-state index contributed by atoms with van der Waals surface area (Å²) in [5, 5.41) is 7.60. The summed E-state index contributed by atoms with van der Waals surface area (Å²) in [6.45, 7) is 8.89. The number of aromatic nitrogens is 2. The molecule has 39 heavy (non-hydrogen) atoms. The van der Waals surface area contributed by atoms with E-state index in [2.05, 4.69) is 24.3 Å². The lowest BCUT2D eigenvalue weighted by Crippen LogP contribution is -2.36. The average molecular weight is 592 g/mol. The lowest BCUT2D eigenvalue weighted by atomic mass is 9.87. The van der Waals surface area contributed by atoms with E-state index in [-0.39, 0.29) is 28.3 Å². The lowest BCUT2D eigenvalue weighted by Gasteiger charge is -2.34. The first kappa shape index (κ1) is 31.5. The Hall–Kier alpha value is -2.00. The molecular weight excluding hydrogens is 551 g/mol. The summed E-state index contributed by atoms with van der Waals surface area (Å²) in [5.41, 5.74) is 0.537. The largest absolute Gasteiger partial charge is 0.495 e. The van der Waals surface area contributed by atoms with Gasteiger partial charge in [-0.1, -0.05) is 45.6 Å². The number of aryl methyl sites for hydroxylation is 1. The topological polar surface area (TPSA) is 109 Å². The van der Waals surface area contributed by atoms with Crippen molar-refractivity contribution < 1.29 is 26.8 Å². The van der Waals surface area contributed by atoms with E-state index in [1.807, 2.05) is 24.0 Å². The molecule has 1 saturated carbocycles. The van der Waals surface area contributed by atoms with E-state index < -0.39 is 15.8 Å². The Morgan fingerprint density at radius 2 is 1.85 bits per heavy atom. The second-order valence-electron chi connectivity index (χ2n) is 10.8. The van der Waals surface area contributed by atoms with Crippen molar-refractivity contribution >= 4 is 41.1 Å². The molecule has 1 aliphatic carbocycles. The van der Waals surface area contributed by atoms with Gasteiger partial charge >= 0.3 is 0 Å². The van der Waals surface area contributed by atoms with Gasteiger partial charge in [-0.15, -0.1) is 0 Å². The molecule has 1 fully saturated rings. The highest BCUT2D eigenvalue weighted by Gasteiger charge is 2.31. The summed E-state index contributed by atoms with van der Waals surface area (Å²) in [5.74, 6) is 0.592. The van der Waals surface area contributed by atoms with Crippen molar-refractivity contribution in [2.75, 3.05) is 18.7 Å². The van der Waals surface area contributed by atoms with Gasteiger partial charge in [-0.25, -0.2) is 8.42 Å². The fraction of sp³-hybridized carbons (Fsp3) is 0.630. The van der Waals surface area contributed by atoms with Crippen LogP contribution in [0.4, 0.5) is 5.82 Å². The van der Waals surface area contributed by atoms with Crippen LogP contribution in [0.3, 0.4) is 0 Å². The Morgan fingerprint density at radius 3 is 2.44 bits per heavy atom. The van der Waals surface area contributed by atoms with Crippen molar-refractivity contribution in [3.8, 4) is 5.75 Å². The maximum atomic E-state index is 13.6. The predicted octanol–water partition coefficient (Wildman–Crippen LogP) is 4.71. The van der Waals surface area contributed by atoms with Crippen molar-refractivity contribution in [1.29, 1.82) is 0 Å². The average Bonchev–Trinajstić information content (AvgIpc) is 3.57. The molecule has 2 aromatic rings. The zero-order valence-electron chi connectivity index (χ0n) is 23.8. The molecule has 0 spiro atoms. The number of sulfone groups is 1. The molecule has 1 aliphatic rings. The molecule has 0 bridgehead atoms. The molecule has 4 radical (unpaired) electrons. The molecule has 1 aromatic carbocycles. The van der Waals surface area contributed by atoms with Gasteiger partial charge in [0, 0.05) is 30.5 Å². The number of carbonyl (C=O) groups excluding carboxylic acids is 1. The highest BCUT2D eigenvalue weighted by molar-refractivity contribution is 7.90. The fourth-order valence-corrected chi connectivity index (χ4v) is 7.11. The quantitative estimate of drug-likeness (QED) is 0.236. The van der Waals surface area contributed by atoms with Gasteiger partial charge in [0.15, 0.2) is 15.7 Å². The van der Waals surface area contributed by atoms with Gasteiger partial charge in [0.05, 0.1) is 13.0 Å². The SMILES string of the molecule is COc1cc([C@@H](CC2CCCC2)C(=O)Nc2ccn(CCC(C)(C)C(O[Si]C)O[Si]C)n2)ccc1S(C)(=O)=O. The molecule has 1 amide bonds. The first-order chi connectivity index (χ1) is 18.5. The Balaban J connectivity index is 1.75. The Bertz CT molecular complexity index is 1190. The number of ether oxygens (including phenoxy) is 1. The predicted molar refractivity (Wildman–Crippen MR) is 154 cm³/mol. The van der Waals surface area contributed by atoms with E-state index in [9.17, 15) is 13.2 Å². The van der Waals surface area contributed by atoms with Gasteiger partial charge in [-0.3, -0.25) is 9.48 Å². The van der Waals surface area contributed by atoms with Crippen LogP contribution in [0.2, 0.25) is 13.1 Å².